The van der Waals surface area contributed by atoms with Crippen LogP contribution in [0.5, 0.6) is 0 Å². The van der Waals surface area contributed by atoms with E-state index in [-0.39, 0.29) is 11.2 Å². The van der Waals surface area contributed by atoms with Gasteiger partial charge < -0.3 is 5.11 Å². The molecule has 0 amide bonds. The van der Waals surface area contributed by atoms with Crippen LogP contribution in [0, 0.1) is 5.41 Å². The fourth-order valence-corrected chi connectivity index (χ4v) is 3.12. The van der Waals surface area contributed by atoms with E-state index in [1.54, 1.807) is 0 Å². The molecule has 1 saturated carbocycles. The topological polar surface area (TPSA) is 37.3 Å². The molecule has 0 saturated heterocycles. The number of rotatable bonds is 0. The van der Waals surface area contributed by atoms with Crippen LogP contribution < -0.4 is 0 Å². The highest BCUT2D eigenvalue weighted by Gasteiger charge is 2.48. The van der Waals surface area contributed by atoms with Crippen LogP contribution in [0.1, 0.15) is 58.8 Å². The Morgan fingerprint density at radius 2 is 2.06 bits per heavy atom. The first-order valence-corrected chi connectivity index (χ1v) is 6.35. The normalized spacial score (nSPS) is 40.7. The van der Waals surface area contributed by atoms with Gasteiger partial charge in [-0.15, -0.1) is 0 Å². The number of allylic oxidation sites excluding steroid dienone is 2. The monoisotopic (exact) mass is 222 g/mol. The molecule has 0 aromatic heterocycles. The summed E-state index contributed by atoms with van der Waals surface area (Å²) in [6.07, 6.45) is 7.78. The fourth-order valence-electron chi connectivity index (χ4n) is 3.12. The van der Waals surface area contributed by atoms with Gasteiger partial charge in [0.15, 0.2) is 0 Å². The Morgan fingerprint density at radius 3 is 2.81 bits per heavy atom. The predicted molar refractivity (Wildman–Crippen MR) is 64.1 cm³/mol. The highest BCUT2D eigenvalue weighted by atomic mass is 16.3. The van der Waals surface area contributed by atoms with E-state index in [0.29, 0.717) is 12.8 Å². The van der Waals surface area contributed by atoms with Crippen molar-refractivity contribution in [2.45, 2.75) is 64.4 Å². The zero-order chi connectivity index (χ0) is 11.8. The van der Waals surface area contributed by atoms with E-state index in [4.69, 9.17) is 0 Å². The maximum atomic E-state index is 11.7. The van der Waals surface area contributed by atoms with Gasteiger partial charge in [0.2, 0.25) is 0 Å². The van der Waals surface area contributed by atoms with Crippen LogP contribution in [-0.4, -0.2) is 16.5 Å². The molecule has 0 aromatic carbocycles. The molecule has 2 aliphatic rings. The van der Waals surface area contributed by atoms with Gasteiger partial charge in [0, 0.05) is 18.3 Å². The lowest BCUT2D eigenvalue weighted by molar-refractivity contribution is -0.130. The van der Waals surface area contributed by atoms with E-state index in [2.05, 4.69) is 19.9 Å². The SMILES string of the molecule is CC1=CC[C@]2(C)CCCC(=O)C[C@]2(O)CC1. The summed E-state index contributed by atoms with van der Waals surface area (Å²) in [5.41, 5.74) is 0.487. The highest BCUT2D eigenvalue weighted by molar-refractivity contribution is 5.80. The lowest BCUT2D eigenvalue weighted by Gasteiger charge is -2.42. The third-order valence-corrected chi connectivity index (χ3v) is 4.63. The largest absolute Gasteiger partial charge is 0.389 e. The second kappa shape index (κ2) is 3.99. The van der Waals surface area contributed by atoms with Crippen LogP contribution in [-0.2, 0) is 4.79 Å². The summed E-state index contributed by atoms with van der Waals surface area (Å²) in [6.45, 7) is 4.28. The second-order valence-corrected chi connectivity index (χ2v) is 5.92. The molecule has 2 atom stereocenters. The zero-order valence-corrected chi connectivity index (χ0v) is 10.4. The van der Waals surface area contributed by atoms with Crippen LogP contribution in [0.4, 0.5) is 0 Å². The van der Waals surface area contributed by atoms with Gasteiger partial charge in [-0.2, -0.15) is 0 Å². The second-order valence-electron chi connectivity index (χ2n) is 5.92. The lowest BCUT2D eigenvalue weighted by atomic mass is 9.67. The summed E-state index contributed by atoms with van der Waals surface area (Å²) in [5.74, 6) is 0.241. The third-order valence-electron chi connectivity index (χ3n) is 4.63. The van der Waals surface area contributed by atoms with Crippen molar-refractivity contribution in [2.24, 2.45) is 5.41 Å². The molecule has 2 aliphatic carbocycles. The summed E-state index contributed by atoms with van der Waals surface area (Å²) in [6, 6.07) is 0. The number of carbonyl (C=O) groups is 1. The molecule has 0 radical (unpaired) electrons. The maximum absolute atomic E-state index is 11.7. The molecular weight excluding hydrogens is 200 g/mol. The molecule has 0 heterocycles. The number of carbonyl (C=O) groups excluding carboxylic acids is 1. The van der Waals surface area contributed by atoms with Gasteiger partial charge in [-0.1, -0.05) is 18.6 Å². The van der Waals surface area contributed by atoms with Gasteiger partial charge in [0.1, 0.15) is 5.78 Å². The first kappa shape index (κ1) is 11.8. The van der Waals surface area contributed by atoms with Crippen molar-refractivity contribution in [2.75, 3.05) is 0 Å². The van der Waals surface area contributed by atoms with Crippen molar-refractivity contribution in [3.63, 3.8) is 0 Å². The van der Waals surface area contributed by atoms with E-state index in [9.17, 15) is 9.90 Å². The third kappa shape index (κ3) is 1.95. The summed E-state index contributed by atoms with van der Waals surface area (Å²) in [7, 11) is 0. The van der Waals surface area contributed by atoms with Crippen molar-refractivity contribution in [3.05, 3.63) is 11.6 Å². The summed E-state index contributed by atoms with van der Waals surface area (Å²) < 4.78 is 0. The Bertz CT molecular complexity index is 332. The molecule has 0 spiro atoms. The molecule has 1 fully saturated rings. The summed E-state index contributed by atoms with van der Waals surface area (Å²) in [4.78, 5) is 11.7. The number of hydrogen-bond acceptors (Lipinski definition) is 2. The van der Waals surface area contributed by atoms with Gasteiger partial charge in [-0.3, -0.25) is 4.79 Å². The molecular formula is C14H22O2. The van der Waals surface area contributed by atoms with Crippen LogP contribution in [0.2, 0.25) is 0 Å². The number of ketones is 1. The van der Waals surface area contributed by atoms with E-state index in [1.165, 1.54) is 5.57 Å². The van der Waals surface area contributed by atoms with E-state index < -0.39 is 5.60 Å². The lowest BCUT2D eigenvalue weighted by Crippen LogP contribution is -2.46. The first-order chi connectivity index (χ1) is 7.45. The molecule has 2 nitrogen and oxygen atoms in total. The van der Waals surface area contributed by atoms with Crippen molar-refractivity contribution in [1.29, 1.82) is 0 Å². The average molecular weight is 222 g/mol. The van der Waals surface area contributed by atoms with Crippen LogP contribution in [0.3, 0.4) is 0 Å². The first-order valence-electron chi connectivity index (χ1n) is 6.35. The summed E-state index contributed by atoms with van der Waals surface area (Å²) >= 11 is 0. The molecule has 0 bridgehead atoms. The van der Waals surface area contributed by atoms with E-state index >= 15 is 0 Å². The van der Waals surface area contributed by atoms with Gasteiger partial charge in [0.05, 0.1) is 5.60 Å². The Morgan fingerprint density at radius 1 is 1.31 bits per heavy atom. The van der Waals surface area contributed by atoms with Crippen molar-refractivity contribution < 1.29 is 9.90 Å². The number of fused-ring (bicyclic) bond motifs is 1. The van der Waals surface area contributed by atoms with Gasteiger partial charge in [0.25, 0.3) is 0 Å². The van der Waals surface area contributed by atoms with E-state index in [0.717, 1.165) is 32.1 Å². The Balaban J connectivity index is 2.32. The molecule has 0 aromatic rings. The molecule has 90 valence electrons. The van der Waals surface area contributed by atoms with Crippen LogP contribution in [0.25, 0.3) is 0 Å². The van der Waals surface area contributed by atoms with Crippen molar-refractivity contribution >= 4 is 5.78 Å². The minimum absolute atomic E-state index is 0.100. The van der Waals surface area contributed by atoms with Gasteiger partial charge >= 0.3 is 0 Å². The smallest absolute Gasteiger partial charge is 0.135 e. The molecule has 16 heavy (non-hydrogen) atoms. The van der Waals surface area contributed by atoms with Crippen molar-refractivity contribution in [3.8, 4) is 0 Å². The number of aliphatic hydroxyl groups is 1. The molecule has 2 heteroatoms. The fraction of sp³-hybridized carbons (Fsp3) is 0.786. The maximum Gasteiger partial charge on any atom is 0.135 e. The number of Topliss-reactive ketones (excluding diaryl/α,β-unsaturated/α-hetero) is 1. The Kier molecular flexibility index (Phi) is 2.95. The molecule has 1 N–H and O–H groups in total. The molecule has 2 rings (SSSR count). The summed E-state index contributed by atoms with van der Waals surface area (Å²) in [5, 5.41) is 10.8. The van der Waals surface area contributed by atoms with Gasteiger partial charge in [-0.05, 0) is 39.0 Å². The van der Waals surface area contributed by atoms with E-state index in [1.807, 2.05) is 0 Å². The quantitative estimate of drug-likeness (QED) is 0.640. The zero-order valence-electron chi connectivity index (χ0n) is 10.4. The Labute approximate surface area is 97.7 Å². The average Bonchev–Trinajstić information content (AvgIpc) is 2.38. The number of hydrogen-bond donors (Lipinski definition) is 1. The van der Waals surface area contributed by atoms with Crippen molar-refractivity contribution in [1.82, 2.24) is 0 Å². The molecule has 0 aliphatic heterocycles. The van der Waals surface area contributed by atoms with Crippen LogP contribution >= 0.6 is 0 Å². The minimum Gasteiger partial charge on any atom is -0.389 e. The molecule has 0 unspecified atom stereocenters. The standard InChI is InChI=1S/C14H22O2/c1-11-5-8-13(2)7-3-4-12(15)10-14(13,16)9-6-11/h5,16H,3-4,6-10H2,1-2H3/t13-,14+/m0/s1. The van der Waals surface area contributed by atoms with Gasteiger partial charge in [-0.25, -0.2) is 0 Å². The predicted octanol–water partition coefficient (Wildman–Crippen LogP) is 3.00. The highest BCUT2D eigenvalue weighted by Crippen LogP contribution is 2.49. The Hall–Kier alpha value is -0.630. The van der Waals surface area contributed by atoms with Crippen LogP contribution in [0.15, 0.2) is 11.6 Å². The minimum atomic E-state index is -0.769.